The van der Waals surface area contributed by atoms with Gasteiger partial charge in [0.1, 0.15) is 12.0 Å². The highest BCUT2D eigenvalue weighted by molar-refractivity contribution is 6.31. The van der Waals surface area contributed by atoms with E-state index in [-0.39, 0.29) is 11.4 Å². The Morgan fingerprint density at radius 2 is 2.17 bits per heavy atom. The van der Waals surface area contributed by atoms with Gasteiger partial charge in [0.05, 0.1) is 18.4 Å². The van der Waals surface area contributed by atoms with Crippen molar-refractivity contribution < 1.29 is 27.9 Å². The van der Waals surface area contributed by atoms with E-state index in [1.165, 1.54) is 7.11 Å². The average molecular weight is 262 g/mol. The first kappa shape index (κ1) is 13.8. The molecular formula is C10H9F3N2O3. The van der Waals surface area contributed by atoms with Gasteiger partial charge in [-0.3, -0.25) is 4.79 Å². The topological polar surface area (TPSA) is 70.9 Å². The summed E-state index contributed by atoms with van der Waals surface area (Å²) in [6, 6.07) is 2.60. The molecule has 0 radical (unpaired) electrons. The third-order valence-electron chi connectivity index (χ3n) is 1.96. The standard InChI is InChI=1S/C10H9F3N2O3/c1-18-8-4-6(10(11,12)13)2-3-7(8)15-9(16)5-14-17/h2-5,17H,1H3,(H,15,16)/b14-5+. The number of carbonyl (C=O) groups is 1. The third kappa shape index (κ3) is 3.37. The number of methoxy groups -OCH3 is 1. The van der Waals surface area contributed by atoms with Crippen LogP contribution in [0.3, 0.4) is 0 Å². The normalized spacial score (nSPS) is 11.6. The van der Waals surface area contributed by atoms with Gasteiger partial charge >= 0.3 is 6.18 Å². The molecule has 1 amide bonds. The molecule has 1 rings (SSSR count). The molecule has 0 aliphatic rings. The molecule has 5 nitrogen and oxygen atoms in total. The Morgan fingerprint density at radius 3 is 2.67 bits per heavy atom. The lowest BCUT2D eigenvalue weighted by molar-refractivity contribution is -0.137. The van der Waals surface area contributed by atoms with Gasteiger partial charge in [-0.1, -0.05) is 5.16 Å². The number of hydrogen-bond acceptors (Lipinski definition) is 4. The molecular weight excluding hydrogens is 253 g/mol. The number of amides is 1. The van der Waals surface area contributed by atoms with Crippen LogP contribution in [-0.4, -0.2) is 24.4 Å². The summed E-state index contributed by atoms with van der Waals surface area (Å²) in [6.07, 6.45) is -3.93. The van der Waals surface area contributed by atoms with Gasteiger partial charge in [-0.15, -0.1) is 0 Å². The number of anilines is 1. The molecule has 0 unspecified atom stereocenters. The maximum Gasteiger partial charge on any atom is 0.416 e. The van der Waals surface area contributed by atoms with E-state index in [9.17, 15) is 18.0 Å². The van der Waals surface area contributed by atoms with Crippen LogP contribution < -0.4 is 10.1 Å². The first-order valence-electron chi connectivity index (χ1n) is 4.62. The van der Waals surface area contributed by atoms with Crippen molar-refractivity contribution in [2.24, 2.45) is 5.16 Å². The lowest BCUT2D eigenvalue weighted by Crippen LogP contribution is -2.14. The summed E-state index contributed by atoms with van der Waals surface area (Å²) in [5.74, 6) is -0.944. The number of alkyl halides is 3. The molecule has 18 heavy (non-hydrogen) atoms. The van der Waals surface area contributed by atoms with E-state index >= 15 is 0 Å². The molecule has 0 aliphatic carbocycles. The molecule has 0 heterocycles. The van der Waals surface area contributed by atoms with Crippen LogP contribution in [0.4, 0.5) is 18.9 Å². The lowest BCUT2D eigenvalue weighted by Gasteiger charge is -2.12. The minimum Gasteiger partial charge on any atom is -0.495 e. The Hall–Kier alpha value is -2.25. The number of hydrogen-bond donors (Lipinski definition) is 2. The van der Waals surface area contributed by atoms with Crippen LogP contribution in [0.25, 0.3) is 0 Å². The summed E-state index contributed by atoms with van der Waals surface area (Å²) in [4.78, 5) is 11.1. The zero-order chi connectivity index (χ0) is 13.8. The van der Waals surface area contributed by atoms with Crippen LogP contribution in [0.5, 0.6) is 5.75 Å². The molecule has 0 atom stereocenters. The second kappa shape index (κ2) is 5.39. The summed E-state index contributed by atoms with van der Waals surface area (Å²) in [5, 5.41) is 12.8. The monoisotopic (exact) mass is 262 g/mol. The molecule has 0 saturated heterocycles. The summed E-state index contributed by atoms with van der Waals surface area (Å²) < 4.78 is 42.0. The number of carbonyl (C=O) groups excluding carboxylic acids is 1. The zero-order valence-corrected chi connectivity index (χ0v) is 9.15. The van der Waals surface area contributed by atoms with Crippen LogP contribution in [0.1, 0.15) is 5.56 Å². The Kier molecular flexibility index (Phi) is 4.13. The average Bonchev–Trinajstić information content (AvgIpc) is 2.28. The van der Waals surface area contributed by atoms with Gasteiger partial charge in [0.25, 0.3) is 5.91 Å². The molecule has 1 aromatic carbocycles. The second-order valence-electron chi connectivity index (χ2n) is 3.15. The fraction of sp³-hybridized carbons (Fsp3) is 0.200. The summed E-state index contributed by atoms with van der Waals surface area (Å²) >= 11 is 0. The molecule has 0 fully saturated rings. The van der Waals surface area contributed by atoms with E-state index < -0.39 is 17.6 Å². The number of nitrogens with zero attached hydrogens (tertiary/aromatic N) is 1. The number of benzene rings is 1. The smallest absolute Gasteiger partial charge is 0.416 e. The van der Waals surface area contributed by atoms with Gasteiger partial charge in [0.15, 0.2) is 0 Å². The van der Waals surface area contributed by atoms with E-state index in [4.69, 9.17) is 9.94 Å². The van der Waals surface area contributed by atoms with Gasteiger partial charge in [0, 0.05) is 0 Å². The molecule has 0 saturated carbocycles. The highest BCUT2D eigenvalue weighted by Gasteiger charge is 2.31. The fourth-order valence-corrected chi connectivity index (χ4v) is 1.19. The van der Waals surface area contributed by atoms with Crippen molar-refractivity contribution in [3.8, 4) is 5.75 Å². The first-order valence-corrected chi connectivity index (χ1v) is 4.62. The Bertz CT molecular complexity index is 472. The summed E-state index contributed by atoms with van der Waals surface area (Å²) in [5.41, 5.74) is -0.858. The minimum absolute atomic E-state index is 0.0374. The maximum absolute atomic E-state index is 12.4. The van der Waals surface area contributed by atoms with E-state index in [1.807, 2.05) is 0 Å². The number of oxime groups is 1. The van der Waals surface area contributed by atoms with Crippen molar-refractivity contribution in [1.29, 1.82) is 0 Å². The third-order valence-corrected chi connectivity index (χ3v) is 1.96. The number of nitrogens with one attached hydrogen (secondary N) is 1. The van der Waals surface area contributed by atoms with Crippen molar-refractivity contribution >= 4 is 17.8 Å². The van der Waals surface area contributed by atoms with Crippen molar-refractivity contribution in [2.45, 2.75) is 6.18 Å². The van der Waals surface area contributed by atoms with E-state index in [0.29, 0.717) is 6.21 Å². The summed E-state index contributed by atoms with van der Waals surface area (Å²) in [7, 11) is 1.17. The van der Waals surface area contributed by atoms with Gasteiger partial charge < -0.3 is 15.3 Å². The van der Waals surface area contributed by atoms with Crippen molar-refractivity contribution in [3.63, 3.8) is 0 Å². The van der Waals surface area contributed by atoms with Gasteiger partial charge in [-0.2, -0.15) is 13.2 Å². The van der Waals surface area contributed by atoms with Crippen molar-refractivity contribution in [2.75, 3.05) is 12.4 Å². The molecule has 0 aromatic heterocycles. The van der Waals surface area contributed by atoms with Crippen molar-refractivity contribution in [1.82, 2.24) is 0 Å². The van der Waals surface area contributed by atoms with Gasteiger partial charge in [0.2, 0.25) is 0 Å². The quantitative estimate of drug-likeness (QED) is 0.498. The van der Waals surface area contributed by atoms with E-state index in [1.54, 1.807) is 0 Å². The van der Waals surface area contributed by atoms with Crippen LogP contribution in [0.15, 0.2) is 23.4 Å². The summed E-state index contributed by atoms with van der Waals surface area (Å²) in [6.45, 7) is 0. The SMILES string of the molecule is COc1cc(C(F)(F)F)ccc1NC(=O)/C=N/O. The molecule has 0 aliphatic heterocycles. The molecule has 2 N–H and O–H groups in total. The van der Waals surface area contributed by atoms with Crippen LogP contribution >= 0.6 is 0 Å². The molecule has 8 heteroatoms. The Balaban J connectivity index is 3.04. The number of halogens is 3. The van der Waals surface area contributed by atoms with Crippen LogP contribution in [0.2, 0.25) is 0 Å². The van der Waals surface area contributed by atoms with Crippen LogP contribution in [-0.2, 0) is 11.0 Å². The number of rotatable bonds is 3. The van der Waals surface area contributed by atoms with Crippen molar-refractivity contribution in [3.05, 3.63) is 23.8 Å². The van der Waals surface area contributed by atoms with E-state index in [2.05, 4.69) is 10.5 Å². The lowest BCUT2D eigenvalue weighted by atomic mass is 10.2. The van der Waals surface area contributed by atoms with Gasteiger partial charge in [-0.05, 0) is 18.2 Å². The predicted octanol–water partition coefficient (Wildman–Crippen LogP) is 2.11. The molecule has 0 spiro atoms. The fourth-order valence-electron chi connectivity index (χ4n) is 1.19. The Labute approximate surface area is 99.9 Å². The highest BCUT2D eigenvalue weighted by atomic mass is 19.4. The second-order valence-corrected chi connectivity index (χ2v) is 3.15. The maximum atomic E-state index is 12.4. The highest BCUT2D eigenvalue weighted by Crippen LogP contribution is 2.34. The largest absolute Gasteiger partial charge is 0.495 e. The minimum atomic E-state index is -4.50. The van der Waals surface area contributed by atoms with Crippen LogP contribution in [0, 0.1) is 0 Å². The van der Waals surface area contributed by atoms with Gasteiger partial charge in [-0.25, -0.2) is 0 Å². The predicted molar refractivity (Wildman–Crippen MR) is 56.9 cm³/mol. The Morgan fingerprint density at radius 1 is 1.50 bits per heavy atom. The molecule has 1 aromatic rings. The zero-order valence-electron chi connectivity index (χ0n) is 9.15. The molecule has 98 valence electrons. The van der Waals surface area contributed by atoms with E-state index in [0.717, 1.165) is 18.2 Å². The first-order chi connectivity index (χ1) is 8.38. The number of ether oxygens (including phenoxy) is 1. The molecule has 0 bridgehead atoms.